The highest BCUT2D eigenvalue weighted by atomic mass is 32.1. The molecule has 2 heterocycles. The molecule has 4 aromatic rings. The fourth-order valence-electron chi connectivity index (χ4n) is 3.45. The van der Waals surface area contributed by atoms with Gasteiger partial charge in [0.1, 0.15) is 5.75 Å². The summed E-state index contributed by atoms with van der Waals surface area (Å²) < 4.78 is 43.2. The molecule has 7 heteroatoms. The van der Waals surface area contributed by atoms with E-state index in [-0.39, 0.29) is 5.75 Å². The molecule has 3 nitrogen and oxygen atoms in total. The molecule has 0 radical (unpaired) electrons. The number of rotatable bonds is 6. The molecule has 146 valence electrons. The molecule has 4 rings (SSSR count). The maximum atomic E-state index is 12.6. The first kappa shape index (κ1) is 18.8. The van der Waals surface area contributed by atoms with Gasteiger partial charge in [0.05, 0.1) is 10.6 Å². The molecule has 2 aromatic carbocycles. The van der Waals surface area contributed by atoms with Crippen molar-refractivity contribution in [3.8, 4) is 16.3 Å². The van der Waals surface area contributed by atoms with Gasteiger partial charge in [0.25, 0.3) is 0 Å². The Morgan fingerprint density at radius 1 is 1.04 bits per heavy atom. The normalized spacial score (nSPS) is 12.1. The summed E-state index contributed by atoms with van der Waals surface area (Å²) in [6.45, 7) is 0.586. The number of aryl methyl sites for hydroxylation is 1. The van der Waals surface area contributed by atoms with Crippen molar-refractivity contribution in [1.82, 2.24) is 4.98 Å². The van der Waals surface area contributed by atoms with Crippen LogP contribution in [0.2, 0.25) is 0 Å². The van der Waals surface area contributed by atoms with Crippen LogP contribution >= 0.6 is 11.3 Å². The molecule has 0 bridgehead atoms. The molecular weight excluding hydrogens is 385 g/mol. The van der Waals surface area contributed by atoms with Crippen LogP contribution in [-0.2, 0) is 6.42 Å². The van der Waals surface area contributed by atoms with Crippen LogP contribution in [0, 0.1) is 0 Å². The lowest BCUT2D eigenvalue weighted by Crippen LogP contribution is -2.16. The lowest BCUT2D eigenvalue weighted by atomic mass is 10.0. The van der Waals surface area contributed by atoms with Gasteiger partial charge in [-0.3, -0.25) is 0 Å². The van der Waals surface area contributed by atoms with E-state index in [1.54, 1.807) is 17.4 Å². The van der Waals surface area contributed by atoms with Crippen LogP contribution in [-0.4, -0.2) is 17.9 Å². The second-order valence-corrected chi connectivity index (χ2v) is 7.71. The molecule has 3 N–H and O–H groups in total. The maximum Gasteiger partial charge on any atom is 0.573 e. The predicted molar refractivity (Wildman–Crippen MR) is 108 cm³/mol. The first-order valence-electron chi connectivity index (χ1n) is 9.04. The third kappa shape index (κ3) is 3.86. The van der Waals surface area contributed by atoms with E-state index in [4.69, 9.17) is 5.73 Å². The van der Waals surface area contributed by atoms with Crippen LogP contribution < -0.4 is 10.5 Å². The van der Waals surface area contributed by atoms with Gasteiger partial charge < -0.3 is 15.5 Å². The minimum Gasteiger partial charge on any atom is -0.406 e. The van der Waals surface area contributed by atoms with E-state index in [9.17, 15) is 13.2 Å². The quantitative estimate of drug-likeness (QED) is 0.374. The first-order chi connectivity index (χ1) is 13.4. The molecule has 2 aromatic heterocycles. The number of fused-ring (bicyclic) bond motifs is 2. The van der Waals surface area contributed by atoms with E-state index in [0.29, 0.717) is 6.54 Å². The highest BCUT2D eigenvalue weighted by Gasteiger charge is 2.31. The third-order valence-corrected chi connectivity index (χ3v) is 5.80. The monoisotopic (exact) mass is 404 g/mol. The number of thiophene rings is 1. The Kier molecular flexibility index (Phi) is 5.03. The molecule has 28 heavy (non-hydrogen) atoms. The number of H-pyrrole nitrogens is 1. The highest BCUT2D eigenvalue weighted by Crippen LogP contribution is 2.39. The number of nitrogens with one attached hydrogen (secondary N) is 1. The number of aromatic amines is 1. The van der Waals surface area contributed by atoms with Crippen LogP contribution in [0.15, 0.2) is 48.5 Å². The first-order valence-corrected chi connectivity index (χ1v) is 9.85. The number of aromatic nitrogens is 1. The summed E-state index contributed by atoms with van der Waals surface area (Å²) in [5, 5.41) is 1.90. The molecule has 0 aliphatic rings. The van der Waals surface area contributed by atoms with Crippen LogP contribution in [0.5, 0.6) is 5.75 Å². The van der Waals surface area contributed by atoms with Crippen LogP contribution in [0.3, 0.4) is 0 Å². The summed E-state index contributed by atoms with van der Waals surface area (Å²) >= 11 is 1.67. The number of halogens is 3. The van der Waals surface area contributed by atoms with Gasteiger partial charge in [-0.05, 0) is 67.1 Å². The Labute approximate surface area is 163 Å². The fourth-order valence-corrected chi connectivity index (χ4v) is 4.54. The lowest BCUT2D eigenvalue weighted by molar-refractivity contribution is -0.274. The van der Waals surface area contributed by atoms with Crippen molar-refractivity contribution in [2.24, 2.45) is 5.73 Å². The zero-order valence-electron chi connectivity index (χ0n) is 15.0. The Morgan fingerprint density at radius 2 is 1.86 bits per heavy atom. The fraction of sp³-hybridized carbons (Fsp3) is 0.238. The van der Waals surface area contributed by atoms with Crippen LogP contribution in [0.25, 0.3) is 31.6 Å². The van der Waals surface area contributed by atoms with Gasteiger partial charge in [0.15, 0.2) is 0 Å². The largest absolute Gasteiger partial charge is 0.573 e. The molecule has 0 saturated heterocycles. The number of unbranched alkanes of at least 4 members (excludes halogenated alkanes) is 1. The van der Waals surface area contributed by atoms with Crippen molar-refractivity contribution in [2.45, 2.75) is 25.6 Å². The van der Waals surface area contributed by atoms with Crippen LogP contribution in [0.1, 0.15) is 18.4 Å². The molecule has 0 aliphatic carbocycles. The van der Waals surface area contributed by atoms with E-state index in [2.05, 4.69) is 27.9 Å². The topological polar surface area (TPSA) is 51.0 Å². The summed E-state index contributed by atoms with van der Waals surface area (Å²) in [7, 11) is 0. The zero-order valence-corrected chi connectivity index (χ0v) is 15.8. The smallest absolute Gasteiger partial charge is 0.406 e. The van der Waals surface area contributed by atoms with E-state index < -0.39 is 6.36 Å². The van der Waals surface area contributed by atoms with Crippen molar-refractivity contribution in [3.63, 3.8) is 0 Å². The third-order valence-electron chi connectivity index (χ3n) is 4.66. The van der Waals surface area contributed by atoms with Crippen molar-refractivity contribution in [2.75, 3.05) is 6.54 Å². The average Bonchev–Trinajstić information content (AvgIpc) is 3.22. The average molecular weight is 404 g/mol. The van der Waals surface area contributed by atoms with E-state index in [0.717, 1.165) is 51.7 Å². The Morgan fingerprint density at radius 3 is 2.61 bits per heavy atom. The number of ether oxygens (including phenoxy) is 1. The standard InChI is InChI=1S/C21H19F3N2OS/c22-21(23,24)27-14-8-9-17-16(12-14)15(6-3-4-10-25)20(26-17)19-11-13-5-1-2-7-18(13)28-19/h1-2,5,7-9,11-12,26H,3-4,6,10,25H2. The number of benzene rings is 2. The van der Waals surface area contributed by atoms with Crippen LogP contribution in [0.4, 0.5) is 13.2 Å². The molecule has 0 unspecified atom stereocenters. The van der Waals surface area contributed by atoms with Gasteiger partial charge in [0, 0.05) is 15.6 Å². The van der Waals surface area contributed by atoms with E-state index in [1.807, 2.05) is 12.1 Å². The van der Waals surface area contributed by atoms with Crippen molar-refractivity contribution >= 4 is 32.3 Å². The second-order valence-electron chi connectivity index (χ2n) is 6.63. The minimum absolute atomic E-state index is 0.207. The summed E-state index contributed by atoms with van der Waals surface area (Å²) in [6.07, 6.45) is -2.25. The van der Waals surface area contributed by atoms with Gasteiger partial charge in [-0.25, -0.2) is 0 Å². The molecule has 0 fully saturated rings. The molecule has 0 atom stereocenters. The molecular formula is C21H19F3N2OS. The van der Waals surface area contributed by atoms with Gasteiger partial charge >= 0.3 is 6.36 Å². The molecule has 0 saturated carbocycles. The lowest BCUT2D eigenvalue weighted by Gasteiger charge is -2.09. The highest BCUT2D eigenvalue weighted by molar-refractivity contribution is 7.22. The van der Waals surface area contributed by atoms with Crippen molar-refractivity contribution < 1.29 is 17.9 Å². The Hall–Kier alpha value is -2.51. The predicted octanol–water partition coefficient (Wildman–Crippen LogP) is 6.23. The van der Waals surface area contributed by atoms with Gasteiger partial charge in [-0.1, -0.05) is 18.2 Å². The maximum absolute atomic E-state index is 12.6. The SMILES string of the molecule is NCCCCc1c(-c2cc3ccccc3s2)[nH]c2ccc(OC(F)(F)F)cc12. The van der Waals surface area contributed by atoms with E-state index >= 15 is 0 Å². The summed E-state index contributed by atoms with van der Waals surface area (Å²) in [6, 6.07) is 14.7. The van der Waals surface area contributed by atoms with E-state index in [1.165, 1.54) is 16.8 Å². The van der Waals surface area contributed by atoms with Gasteiger partial charge in [-0.2, -0.15) is 0 Å². The van der Waals surface area contributed by atoms with Crippen molar-refractivity contribution in [1.29, 1.82) is 0 Å². The second kappa shape index (κ2) is 7.48. The summed E-state index contributed by atoms with van der Waals surface area (Å²) in [4.78, 5) is 4.47. The number of hydrogen-bond donors (Lipinski definition) is 2. The molecule has 0 aliphatic heterocycles. The Bertz CT molecular complexity index is 1080. The molecule has 0 spiro atoms. The van der Waals surface area contributed by atoms with Gasteiger partial charge in [-0.15, -0.1) is 24.5 Å². The number of hydrogen-bond acceptors (Lipinski definition) is 3. The number of nitrogens with two attached hydrogens (primary N) is 1. The summed E-state index contributed by atoms with van der Waals surface area (Å²) in [5.74, 6) is -0.207. The zero-order chi connectivity index (χ0) is 19.7. The van der Waals surface area contributed by atoms with Crippen molar-refractivity contribution in [3.05, 3.63) is 54.1 Å². The summed E-state index contributed by atoms with van der Waals surface area (Å²) in [5.41, 5.74) is 8.38. The Balaban J connectivity index is 1.82. The molecule has 0 amide bonds. The minimum atomic E-state index is -4.71. The van der Waals surface area contributed by atoms with Gasteiger partial charge in [0.2, 0.25) is 0 Å². The number of alkyl halides is 3.